The van der Waals surface area contributed by atoms with Gasteiger partial charge in [-0.2, -0.15) is 13.2 Å². The number of nitrogens with two attached hydrogens (primary N) is 1. The van der Waals surface area contributed by atoms with Crippen LogP contribution < -0.4 is 5.73 Å². The molecule has 1 fully saturated rings. The molecule has 0 spiro atoms. The van der Waals surface area contributed by atoms with Crippen molar-refractivity contribution in [1.29, 1.82) is 0 Å². The molecule has 128 valence electrons. The molecule has 1 saturated heterocycles. The molecule has 1 aromatic carbocycles. The van der Waals surface area contributed by atoms with Crippen molar-refractivity contribution >= 4 is 5.91 Å². The van der Waals surface area contributed by atoms with Crippen molar-refractivity contribution in [3.05, 3.63) is 35.4 Å². The van der Waals surface area contributed by atoms with Gasteiger partial charge in [0.05, 0.1) is 12.1 Å². The van der Waals surface area contributed by atoms with Crippen LogP contribution >= 0.6 is 0 Å². The van der Waals surface area contributed by atoms with Gasteiger partial charge in [-0.3, -0.25) is 9.69 Å². The van der Waals surface area contributed by atoms with E-state index >= 15 is 0 Å². The molecule has 0 aromatic heterocycles. The molecular weight excluding hydrogens is 307 g/mol. The zero-order valence-corrected chi connectivity index (χ0v) is 13.1. The predicted octanol–water partition coefficient (Wildman–Crippen LogP) is 1.91. The Balaban J connectivity index is 1.85. The summed E-state index contributed by atoms with van der Waals surface area (Å²) in [5, 5.41) is 0. The molecule has 4 nitrogen and oxygen atoms in total. The smallest absolute Gasteiger partial charge is 0.369 e. The van der Waals surface area contributed by atoms with Crippen molar-refractivity contribution in [3.63, 3.8) is 0 Å². The maximum absolute atomic E-state index is 12.6. The summed E-state index contributed by atoms with van der Waals surface area (Å²) >= 11 is 0. The molecule has 23 heavy (non-hydrogen) atoms. The Bertz CT molecular complexity index is 522. The van der Waals surface area contributed by atoms with Crippen LogP contribution in [0.15, 0.2) is 24.3 Å². The van der Waals surface area contributed by atoms with Gasteiger partial charge in [0.25, 0.3) is 0 Å². The number of primary amides is 1. The van der Waals surface area contributed by atoms with Gasteiger partial charge >= 0.3 is 6.18 Å². The van der Waals surface area contributed by atoms with E-state index < -0.39 is 11.7 Å². The number of hydrogen-bond donors (Lipinski definition) is 1. The second-order valence-electron chi connectivity index (χ2n) is 6.06. The van der Waals surface area contributed by atoms with Crippen LogP contribution in [-0.2, 0) is 11.0 Å². The summed E-state index contributed by atoms with van der Waals surface area (Å²) in [4.78, 5) is 15.2. The maximum Gasteiger partial charge on any atom is 0.416 e. The Labute approximate surface area is 134 Å². The number of rotatable bonds is 5. The fourth-order valence-corrected chi connectivity index (χ4v) is 2.84. The zero-order valence-electron chi connectivity index (χ0n) is 13.1. The molecule has 2 N–H and O–H groups in total. The van der Waals surface area contributed by atoms with Crippen molar-refractivity contribution in [2.75, 3.05) is 39.3 Å². The summed E-state index contributed by atoms with van der Waals surface area (Å²) in [6.07, 6.45) is -4.29. The summed E-state index contributed by atoms with van der Waals surface area (Å²) in [5.41, 5.74) is 5.47. The fraction of sp³-hybridized carbons (Fsp3) is 0.562. The van der Waals surface area contributed by atoms with Gasteiger partial charge in [0.1, 0.15) is 0 Å². The molecule has 1 heterocycles. The largest absolute Gasteiger partial charge is 0.416 e. The van der Waals surface area contributed by atoms with E-state index in [1.807, 2.05) is 11.8 Å². The summed E-state index contributed by atoms with van der Waals surface area (Å²) in [5.74, 6) is -0.170. The summed E-state index contributed by atoms with van der Waals surface area (Å²) in [6, 6.07) is 5.38. The van der Waals surface area contributed by atoms with Crippen LogP contribution in [0, 0.1) is 0 Å². The Morgan fingerprint density at radius 3 is 2.13 bits per heavy atom. The molecule has 0 aliphatic carbocycles. The molecule has 0 bridgehead atoms. The highest BCUT2D eigenvalue weighted by Crippen LogP contribution is 2.30. The van der Waals surface area contributed by atoms with E-state index in [2.05, 4.69) is 4.90 Å². The number of nitrogens with zero attached hydrogens (tertiary/aromatic N) is 2. The highest BCUT2D eigenvalue weighted by Gasteiger charge is 2.30. The van der Waals surface area contributed by atoms with Crippen molar-refractivity contribution in [2.24, 2.45) is 5.73 Å². The SMILES string of the molecule is C[C@@H](CN1CCN(CC(N)=O)CC1)c1ccc(C(F)(F)F)cc1. The highest BCUT2D eigenvalue weighted by atomic mass is 19.4. The van der Waals surface area contributed by atoms with Crippen molar-refractivity contribution < 1.29 is 18.0 Å². The number of carbonyl (C=O) groups excluding carboxylic acids is 1. The van der Waals surface area contributed by atoms with Gasteiger partial charge in [0, 0.05) is 32.7 Å². The molecule has 0 unspecified atom stereocenters. The van der Waals surface area contributed by atoms with E-state index in [0.717, 1.165) is 50.4 Å². The fourth-order valence-electron chi connectivity index (χ4n) is 2.84. The molecule has 1 aliphatic rings. The normalized spacial score (nSPS) is 18.8. The van der Waals surface area contributed by atoms with E-state index in [4.69, 9.17) is 5.73 Å². The zero-order chi connectivity index (χ0) is 17.0. The van der Waals surface area contributed by atoms with Crippen molar-refractivity contribution in [2.45, 2.75) is 19.0 Å². The van der Waals surface area contributed by atoms with Crippen molar-refractivity contribution in [3.8, 4) is 0 Å². The number of benzene rings is 1. The van der Waals surface area contributed by atoms with Gasteiger partial charge in [-0.1, -0.05) is 19.1 Å². The van der Waals surface area contributed by atoms with Gasteiger partial charge in [-0.05, 0) is 23.6 Å². The minimum Gasteiger partial charge on any atom is -0.369 e. The van der Waals surface area contributed by atoms with Gasteiger partial charge in [0.2, 0.25) is 5.91 Å². The summed E-state index contributed by atoms with van der Waals surface area (Å²) in [7, 11) is 0. The van der Waals surface area contributed by atoms with Crippen LogP contribution in [0.1, 0.15) is 24.0 Å². The lowest BCUT2D eigenvalue weighted by Crippen LogP contribution is -2.49. The lowest BCUT2D eigenvalue weighted by molar-refractivity contribution is -0.137. The number of alkyl halides is 3. The van der Waals surface area contributed by atoms with Gasteiger partial charge < -0.3 is 10.6 Å². The topological polar surface area (TPSA) is 49.6 Å². The van der Waals surface area contributed by atoms with E-state index in [9.17, 15) is 18.0 Å². The Kier molecular flexibility index (Phi) is 5.64. The van der Waals surface area contributed by atoms with E-state index in [0.29, 0.717) is 0 Å². The minimum atomic E-state index is -4.29. The van der Waals surface area contributed by atoms with Gasteiger partial charge in [0.15, 0.2) is 0 Å². The molecule has 1 aromatic rings. The first-order valence-corrected chi connectivity index (χ1v) is 7.66. The van der Waals surface area contributed by atoms with Gasteiger partial charge in [-0.15, -0.1) is 0 Å². The van der Waals surface area contributed by atoms with E-state index in [-0.39, 0.29) is 18.4 Å². The molecule has 0 radical (unpaired) electrons. The molecule has 1 aliphatic heterocycles. The number of piperazine rings is 1. The third-order valence-corrected chi connectivity index (χ3v) is 4.18. The summed E-state index contributed by atoms with van der Waals surface area (Å²) in [6.45, 7) is 6.30. The molecule has 2 rings (SSSR count). The summed E-state index contributed by atoms with van der Waals surface area (Å²) < 4.78 is 37.7. The second-order valence-corrected chi connectivity index (χ2v) is 6.06. The first kappa shape index (κ1) is 17.7. The Morgan fingerprint density at radius 2 is 1.65 bits per heavy atom. The molecular formula is C16H22F3N3O. The van der Waals surface area contributed by atoms with Crippen LogP contribution in [0.2, 0.25) is 0 Å². The molecule has 1 amide bonds. The first-order chi connectivity index (χ1) is 10.8. The molecule has 1 atom stereocenters. The Morgan fingerprint density at radius 1 is 1.13 bits per heavy atom. The lowest BCUT2D eigenvalue weighted by Gasteiger charge is -2.35. The average molecular weight is 329 g/mol. The number of hydrogen-bond acceptors (Lipinski definition) is 3. The molecule has 7 heteroatoms. The van der Waals surface area contributed by atoms with Gasteiger partial charge in [-0.25, -0.2) is 0 Å². The quantitative estimate of drug-likeness (QED) is 0.898. The van der Waals surface area contributed by atoms with E-state index in [1.54, 1.807) is 12.1 Å². The van der Waals surface area contributed by atoms with E-state index in [1.165, 1.54) is 0 Å². The number of carbonyl (C=O) groups is 1. The maximum atomic E-state index is 12.6. The molecule has 0 saturated carbocycles. The van der Waals surface area contributed by atoms with Crippen LogP contribution in [0.25, 0.3) is 0 Å². The van der Waals surface area contributed by atoms with Crippen LogP contribution in [0.3, 0.4) is 0 Å². The van der Waals surface area contributed by atoms with Crippen LogP contribution in [0.4, 0.5) is 13.2 Å². The third-order valence-electron chi connectivity index (χ3n) is 4.18. The first-order valence-electron chi connectivity index (χ1n) is 7.66. The average Bonchev–Trinajstić information content (AvgIpc) is 2.48. The standard InChI is InChI=1S/C16H22F3N3O/c1-12(13-2-4-14(5-3-13)16(17,18)19)10-21-6-8-22(9-7-21)11-15(20)23/h2-5,12H,6-11H2,1H3,(H2,20,23)/t12-/m0/s1. The minimum absolute atomic E-state index is 0.153. The lowest BCUT2D eigenvalue weighted by atomic mass is 9.99. The number of halogens is 3. The monoisotopic (exact) mass is 329 g/mol. The predicted molar refractivity (Wildman–Crippen MR) is 81.9 cm³/mol. The van der Waals surface area contributed by atoms with Crippen molar-refractivity contribution in [1.82, 2.24) is 9.80 Å². The highest BCUT2D eigenvalue weighted by molar-refractivity contribution is 5.75. The van der Waals surface area contributed by atoms with Crippen LogP contribution in [-0.4, -0.2) is 55.0 Å². The third kappa shape index (κ3) is 5.21. The number of amides is 1. The van der Waals surface area contributed by atoms with Crippen LogP contribution in [0.5, 0.6) is 0 Å². The second kappa shape index (κ2) is 7.31. The Hall–Kier alpha value is -1.60.